The van der Waals surface area contributed by atoms with Crippen LogP contribution < -0.4 is 4.18 Å². The van der Waals surface area contributed by atoms with E-state index in [9.17, 15) is 56.0 Å². The molecule has 4 rings (SSSR count). The van der Waals surface area contributed by atoms with Gasteiger partial charge in [0.2, 0.25) is 0 Å². The Kier molecular flexibility index (Phi) is 11.2. The third kappa shape index (κ3) is 7.31. The van der Waals surface area contributed by atoms with Crippen molar-refractivity contribution in [3.05, 3.63) is 33.0 Å². The van der Waals surface area contributed by atoms with Crippen molar-refractivity contribution in [1.29, 1.82) is 0 Å². The summed E-state index contributed by atoms with van der Waals surface area (Å²) in [5, 5.41) is -14.6. The molecule has 0 aliphatic heterocycles. The van der Waals surface area contributed by atoms with Gasteiger partial charge in [-0.25, -0.2) is 16.8 Å². The number of hydrogen-bond acceptors (Lipinski definition) is 7. The highest BCUT2D eigenvalue weighted by Gasteiger charge is 2.81. The first kappa shape index (κ1) is 39.0. The van der Waals surface area contributed by atoms with Gasteiger partial charge in [0.15, 0.2) is 20.0 Å². The van der Waals surface area contributed by atoms with Crippen LogP contribution in [0, 0.1) is 0 Å². The molecule has 8 nitrogen and oxygen atoms in total. The molecular formula is C28H35F9NO7S3-. The van der Waals surface area contributed by atoms with Crippen LogP contribution in [0.15, 0.2) is 12.1 Å². The average Bonchev–Trinajstić information content (AvgIpc) is 3.01. The van der Waals surface area contributed by atoms with E-state index in [0.29, 0.717) is 51.4 Å². The molecular weight excluding hydrogens is 729 g/mol. The van der Waals surface area contributed by atoms with E-state index in [2.05, 4.69) is 0 Å². The average molecular weight is 765 g/mol. The van der Waals surface area contributed by atoms with Crippen molar-refractivity contribution in [2.45, 2.75) is 136 Å². The van der Waals surface area contributed by atoms with Crippen molar-refractivity contribution in [2.24, 2.45) is 0 Å². The number of nitrogens with zero attached hydrogens (tertiary/aromatic N) is 1. The normalized spacial score (nSPS) is 20.9. The van der Waals surface area contributed by atoms with Crippen LogP contribution >= 0.6 is 0 Å². The summed E-state index contributed by atoms with van der Waals surface area (Å²) < 4.78 is 204. The van der Waals surface area contributed by atoms with Crippen molar-refractivity contribution in [1.82, 2.24) is 0 Å². The van der Waals surface area contributed by atoms with Crippen LogP contribution in [-0.2, 0) is 30.2 Å². The summed E-state index contributed by atoms with van der Waals surface area (Å²) in [7, 11) is -22.8. The van der Waals surface area contributed by atoms with Gasteiger partial charge in [-0.2, -0.15) is 47.9 Å². The Morgan fingerprint density at radius 2 is 0.917 bits per heavy atom. The van der Waals surface area contributed by atoms with Crippen LogP contribution in [0.2, 0.25) is 0 Å². The Bertz CT molecular complexity index is 1610. The maximum Gasteiger partial charge on any atom is 0.480 e. The second-order valence-electron chi connectivity index (χ2n) is 12.6. The van der Waals surface area contributed by atoms with E-state index in [-0.39, 0.29) is 17.0 Å². The van der Waals surface area contributed by atoms with Crippen LogP contribution in [0.1, 0.15) is 131 Å². The molecule has 3 fully saturated rings. The minimum absolute atomic E-state index is 0.0143. The first-order valence-corrected chi connectivity index (χ1v) is 19.8. The Hall–Kier alpha value is -1.80. The first-order chi connectivity index (χ1) is 22.0. The number of halogens is 9. The molecule has 0 aromatic heterocycles. The van der Waals surface area contributed by atoms with E-state index in [0.717, 1.165) is 54.6 Å². The summed E-state index contributed by atoms with van der Waals surface area (Å²) in [4.78, 5) is 0. The summed E-state index contributed by atoms with van der Waals surface area (Å²) in [6.45, 7) is 0. The van der Waals surface area contributed by atoms with Crippen LogP contribution in [0.3, 0.4) is 0 Å². The van der Waals surface area contributed by atoms with Gasteiger partial charge in [0, 0.05) is 0 Å². The van der Waals surface area contributed by atoms with Gasteiger partial charge in [0.25, 0.3) is 0 Å². The highest BCUT2D eigenvalue weighted by molar-refractivity contribution is 8.13. The van der Waals surface area contributed by atoms with Gasteiger partial charge in [-0.05, 0) is 73.0 Å². The fraction of sp³-hybridized carbons (Fsp3) is 0.786. The second-order valence-corrected chi connectivity index (χ2v) is 17.7. The smallest absolute Gasteiger partial charge is 0.423 e. The maximum absolute atomic E-state index is 15.3. The highest BCUT2D eigenvalue weighted by Crippen LogP contribution is 2.55. The summed E-state index contributed by atoms with van der Waals surface area (Å²) >= 11 is 0. The van der Waals surface area contributed by atoms with E-state index in [1.807, 2.05) is 0 Å². The van der Waals surface area contributed by atoms with E-state index in [1.54, 1.807) is 12.1 Å². The molecule has 0 spiro atoms. The maximum atomic E-state index is 15.3. The lowest BCUT2D eigenvalue weighted by molar-refractivity contribution is -0.245. The van der Waals surface area contributed by atoms with Crippen molar-refractivity contribution in [3.63, 3.8) is 0 Å². The lowest BCUT2D eigenvalue weighted by Crippen LogP contribution is -2.61. The van der Waals surface area contributed by atoms with Crippen molar-refractivity contribution in [3.8, 4) is 5.75 Å². The second kappa shape index (κ2) is 13.7. The summed E-state index contributed by atoms with van der Waals surface area (Å²) in [5.41, 5.74) is -5.74. The molecule has 0 bridgehead atoms. The van der Waals surface area contributed by atoms with Crippen LogP contribution in [-0.4, -0.2) is 47.2 Å². The molecule has 0 radical (unpaired) electrons. The van der Waals surface area contributed by atoms with Gasteiger partial charge in [-0.15, -0.1) is 0 Å². The number of alkyl halides is 9. The molecule has 0 unspecified atom stereocenters. The Morgan fingerprint density at radius 1 is 0.542 bits per heavy atom. The van der Waals surface area contributed by atoms with Gasteiger partial charge in [0.05, 0.1) is 0 Å². The molecule has 3 saturated carbocycles. The third-order valence-electron chi connectivity index (χ3n) is 9.39. The minimum atomic E-state index is -8.01. The first-order valence-electron chi connectivity index (χ1n) is 15.5. The summed E-state index contributed by atoms with van der Waals surface area (Å²) in [6, 6.07) is 3.14. The van der Waals surface area contributed by atoms with Crippen LogP contribution in [0.25, 0.3) is 4.13 Å². The van der Waals surface area contributed by atoms with E-state index in [1.165, 1.54) is 0 Å². The number of benzene rings is 1. The number of rotatable bonds is 11. The molecule has 0 N–H and O–H groups in total. The molecule has 0 saturated heterocycles. The molecule has 1 aromatic rings. The van der Waals surface area contributed by atoms with Gasteiger partial charge in [-0.3, -0.25) is 0 Å². The quantitative estimate of drug-likeness (QED) is 0.163. The van der Waals surface area contributed by atoms with Gasteiger partial charge < -0.3 is 8.31 Å². The van der Waals surface area contributed by atoms with E-state index in [4.69, 9.17) is 4.18 Å². The van der Waals surface area contributed by atoms with Crippen LogP contribution in [0.4, 0.5) is 39.5 Å². The molecule has 48 heavy (non-hydrogen) atoms. The molecule has 0 amide bonds. The zero-order chi connectivity index (χ0) is 36.0. The van der Waals surface area contributed by atoms with Crippen LogP contribution in [0.5, 0.6) is 5.75 Å². The lowest BCUT2D eigenvalue weighted by atomic mass is 9.75. The fourth-order valence-electron chi connectivity index (χ4n) is 6.77. The Morgan fingerprint density at radius 3 is 1.29 bits per heavy atom. The summed E-state index contributed by atoms with van der Waals surface area (Å²) in [6.07, 6.45) is 10.2. The molecule has 0 heterocycles. The van der Waals surface area contributed by atoms with Gasteiger partial charge in [0.1, 0.15) is 5.75 Å². The van der Waals surface area contributed by atoms with E-state index < -0.39 is 69.7 Å². The molecule has 276 valence electrons. The number of sulfonamides is 2. The standard InChI is InChI=1S/C28H35F9NO7S3/c29-25(30,26(31,32)46(39,40)38-47(41,42)28(35,36)37)27(33,34)48(43,44)45-24-22(19-12-6-2-7-13-19)16-21(18-10-4-1-5-11-18)17-23(24)20-14-8-3-9-15-20/h16-20H,1-15H2/q-1. The van der Waals surface area contributed by atoms with Gasteiger partial charge in [-0.1, -0.05) is 69.9 Å². The van der Waals surface area contributed by atoms with Gasteiger partial charge >= 0.3 is 32.1 Å². The molecule has 3 aliphatic rings. The largest absolute Gasteiger partial charge is 0.480 e. The Labute approximate surface area is 273 Å². The molecule has 20 heteroatoms. The molecule has 1 aromatic carbocycles. The predicted molar refractivity (Wildman–Crippen MR) is 156 cm³/mol. The highest BCUT2D eigenvalue weighted by atomic mass is 32.3. The van der Waals surface area contributed by atoms with Crippen molar-refractivity contribution < 1.29 is 69.0 Å². The minimum Gasteiger partial charge on any atom is -0.423 e. The SMILES string of the molecule is O=S(=O)([N-]S(=O)(=O)C(F)(F)C(F)(F)C(F)(F)S(=O)(=O)Oc1c(C2CCCCC2)cc(C2CCCCC2)cc1C1CCCCC1)C(F)(F)F. The summed E-state index contributed by atoms with van der Waals surface area (Å²) in [5.74, 6) is -9.30. The zero-order valence-corrected chi connectivity index (χ0v) is 27.9. The zero-order valence-electron chi connectivity index (χ0n) is 25.4. The fourth-order valence-corrected chi connectivity index (χ4v) is 9.99. The third-order valence-corrected chi connectivity index (χ3v) is 13.7. The Balaban J connectivity index is 1.84. The molecule has 3 aliphatic carbocycles. The topological polar surface area (TPSA) is 126 Å². The van der Waals surface area contributed by atoms with E-state index >= 15 is 8.78 Å². The molecule has 0 atom stereocenters. The van der Waals surface area contributed by atoms with Crippen molar-refractivity contribution in [2.75, 3.05) is 0 Å². The predicted octanol–water partition coefficient (Wildman–Crippen LogP) is 8.91. The lowest BCUT2D eigenvalue weighted by Gasteiger charge is -2.36. The van der Waals surface area contributed by atoms with Crippen molar-refractivity contribution >= 4 is 30.2 Å². The monoisotopic (exact) mass is 764 g/mol. The number of hydrogen-bond donors (Lipinski definition) is 0.